The van der Waals surface area contributed by atoms with Crippen molar-refractivity contribution in [1.29, 1.82) is 0 Å². The SMILES string of the molecule is O=c1cc[nH]c(C(c2ccccc2)(c2ccccc2)c2ccccc2)c1O. The Hall–Kier alpha value is -3.59. The summed E-state index contributed by atoms with van der Waals surface area (Å²) >= 11 is 0. The van der Waals surface area contributed by atoms with Gasteiger partial charge in [0, 0.05) is 12.3 Å². The van der Waals surface area contributed by atoms with Crippen LogP contribution in [0.25, 0.3) is 0 Å². The van der Waals surface area contributed by atoms with Gasteiger partial charge in [0.2, 0.25) is 5.43 Å². The van der Waals surface area contributed by atoms with Crippen LogP contribution in [0.4, 0.5) is 0 Å². The van der Waals surface area contributed by atoms with Gasteiger partial charge in [0.1, 0.15) is 0 Å². The number of aromatic hydroxyl groups is 1. The van der Waals surface area contributed by atoms with Crippen LogP contribution in [0.2, 0.25) is 0 Å². The molecule has 0 spiro atoms. The first-order valence-electron chi connectivity index (χ1n) is 8.82. The Morgan fingerprint density at radius 1 is 0.630 bits per heavy atom. The summed E-state index contributed by atoms with van der Waals surface area (Å²) < 4.78 is 0. The Balaban J connectivity index is 2.20. The molecule has 0 atom stereocenters. The molecular formula is C24H19NO2. The lowest BCUT2D eigenvalue weighted by molar-refractivity contribution is 0.449. The zero-order valence-corrected chi connectivity index (χ0v) is 14.7. The quantitative estimate of drug-likeness (QED) is 0.532. The second-order valence-electron chi connectivity index (χ2n) is 6.41. The van der Waals surface area contributed by atoms with E-state index in [1.54, 1.807) is 6.20 Å². The van der Waals surface area contributed by atoms with Gasteiger partial charge in [-0.05, 0) is 16.7 Å². The van der Waals surface area contributed by atoms with Gasteiger partial charge < -0.3 is 10.1 Å². The van der Waals surface area contributed by atoms with Gasteiger partial charge >= 0.3 is 0 Å². The van der Waals surface area contributed by atoms with E-state index in [0.29, 0.717) is 5.69 Å². The zero-order valence-electron chi connectivity index (χ0n) is 14.7. The molecule has 0 aliphatic heterocycles. The minimum atomic E-state index is -0.853. The van der Waals surface area contributed by atoms with Crippen molar-refractivity contribution in [1.82, 2.24) is 4.98 Å². The average molecular weight is 353 g/mol. The lowest BCUT2D eigenvalue weighted by Gasteiger charge is -2.36. The van der Waals surface area contributed by atoms with Gasteiger partial charge in [0.25, 0.3) is 0 Å². The van der Waals surface area contributed by atoms with E-state index in [0.717, 1.165) is 16.7 Å². The van der Waals surface area contributed by atoms with Crippen LogP contribution in [-0.2, 0) is 5.41 Å². The minimum absolute atomic E-state index is 0.269. The summed E-state index contributed by atoms with van der Waals surface area (Å²) in [6.07, 6.45) is 1.58. The van der Waals surface area contributed by atoms with E-state index in [4.69, 9.17) is 0 Å². The highest BCUT2D eigenvalue weighted by atomic mass is 16.3. The van der Waals surface area contributed by atoms with E-state index in [1.165, 1.54) is 6.07 Å². The van der Waals surface area contributed by atoms with Gasteiger partial charge in [0.05, 0.1) is 11.1 Å². The molecule has 3 nitrogen and oxygen atoms in total. The van der Waals surface area contributed by atoms with Gasteiger partial charge in [-0.1, -0.05) is 91.0 Å². The van der Waals surface area contributed by atoms with Crippen LogP contribution in [0.5, 0.6) is 5.75 Å². The third-order valence-corrected chi connectivity index (χ3v) is 4.93. The second-order valence-corrected chi connectivity index (χ2v) is 6.41. The molecule has 0 aliphatic rings. The number of hydrogen-bond donors (Lipinski definition) is 2. The topological polar surface area (TPSA) is 53.1 Å². The molecule has 3 heteroatoms. The highest BCUT2D eigenvalue weighted by Crippen LogP contribution is 2.46. The zero-order chi connectivity index (χ0) is 18.7. The lowest BCUT2D eigenvalue weighted by Crippen LogP contribution is -2.33. The van der Waals surface area contributed by atoms with Crippen LogP contribution >= 0.6 is 0 Å². The Labute approximate surface area is 157 Å². The van der Waals surface area contributed by atoms with Crippen molar-refractivity contribution in [2.75, 3.05) is 0 Å². The molecule has 0 saturated heterocycles. The van der Waals surface area contributed by atoms with Gasteiger partial charge in [0.15, 0.2) is 5.75 Å². The normalized spacial score (nSPS) is 11.3. The van der Waals surface area contributed by atoms with Crippen LogP contribution in [0.1, 0.15) is 22.4 Å². The molecule has 0 unspecified atom stereocenters. The van der Waals surface area contributed by atoms with E-state index in [9.17, 15) is 9.90 Å². The van der Waals surface area contributed by atoms with Crippen molar-refractivity contribution in [2.24, 2.45) is 0 Å². The predicted molar refractivity (Wildman–Crippen MR) is 107 cm³/mol. The number of nitrogens with one attached hydrogen (secondary N) is 1. The number of aromatic amines is 1. The molecule has 4 aromatic rings. The summed E-state index contributed by atoms with van der Waals surface area (Å²) in [4.78, 5) is 15.5. The highest BCUT2D eigenvalue weighted by Gasteiger charge is 2.41. The Kier molecular flexibility index (Phi) is 4.35. The monoisotopic (exact) mass is 353 g/mol. The minimum Gasteiger partial charge on any atom is -0.503 e. The van der Waals surface area contributed by atoms with Crippen LogP contribution in [0, 0.1) is 0 Å². The lowest BCUT2D eigenvalue weighted by atomic mass is 9.67. The number of H-pyrrole nitrogens is 1. The molecule has 1 aromatic heterocycles. The fourth-order valence-corrected chi connectivity index (χ4v) is 3.75. The molecule has 4 rings (SSSR count). The van der Waals surface area contributed by atoms with Gasteiger partial charge in [-0.15, -0.1) is 0 Å². The number of aromatic nitrogens is 1. The Bertz CT molecular complexity index is 991. The fraction of sp³-hybridized carbons (Fsp3) is 0.0417. The van der Waals surface area contributed by atoms with Crippen molar-refractivity contribution >= 4 is 0 Å². The van der Waals surface area contributed by atoms with E-state index in [2.05, 4.69) is 4.98 Å². The molecule has 1 heterocycles. The highest BCUT2D eigenvalue weighted by molar-refractivity contribution is 5.60. The van der Waals surface area contributed by atoms with Gasteiger partial charge in [-0.3, -0.25) is 4.79 Å². The second kappa shape index (κ2) is 6.96. The molecule has 0 radical (unpaired) electrons. The summed E-state index contributed by atoms with van der Waals surface area (Å²) in [5, 5.41) is 10.8. The molecule has 3 aromatic carbocycles. The first-order valence-corrected chi connectivity index (χ1v) is 8.82. The van der Waals surface area contributed by atoms with Crippen molar-refractivity contribution in [2.45, 2.75) is 5.41 Å². The molecule has 27 heavy (non-hydrogen) atoms. The van der Waals surface area contributed by atoms with E-state index < -0.39 is 10.8 Å². The maximum absolute atomic E-state index is 12.3. The van der Waals surface area contributed by atoms with Crippen molar-refractivity contribution < 1.29 is 5.11 Å². The molecule has 132 valence electrons. The molecule has 0 saturated carbocycles. The Morgan fingerprint density at radius 2 is 1.04 bits per heavy atom. The maximum Gasteiger partial charge on any atom is 0.223 e. The van der Waals surface area contributed by atoms with Crippen LogP contribution in [0.3, 0.4) is 0 Å². The first kappa shape index (κ1) is 16.9. The van der Waals surface area contributed by atoms with Crippen LogP contribution < -0.4 is 5.43 Å². The molecular weight excluding hydrogens is 334 g/mol. The molecule has 0 bridgehead atoms. The summed E-state index contributed by atoms with van der Waals surface area (Å²) in [7, 11) is 0. The van der Waals surface area contributed by atoms with Crippen LogP contribution in [-0.4, -0.2) is 10.1 Å². The fourth-order valence-electron chi connectivity index (χ4n) is 3.75. The Morgan fingerprint density at radius 3 is 1.44 bits per heavy atom. The number of pyridine rings is 1. The van der Waals surface area contributed by atoms with Gasteiger partial charge in [-0.2, -0.15) is 0 Å². The van der Waals surface area contributed by atoms with E-state index >= 15 is 0 Å². The van der Waals surface area contributed by atoms with E-state index in [-0.39, 0.29) is 5.75 Å². The molecule has 0 fully saturated rings. The summed E-state index contributed by atoms with van der Waals surface area (Å²) in [5.74, 6) is -0.269. The van der Waals surface area contributed by atoms with Crippen LogP contribution in [0.15, 0.2) is 108 Å². The smallest absolute Gasteiger partial charge is 0.223 e. The number of rotatable bonds is 4. The summed E-state index contributed by atoms with van der Waals surface area (Å²) in [6, 6.07) is 31.1. The number of hydrogen-bond acceptors (Lipinski definition) is 2. The predicted octanol–water partition coefficient (Wildman–Crippen LogP) is 4.46. The van der Waals surface area contributed by atoms with Gasteiger partial charge in [-0.25, -0.2) is 0 Å². The molecule has 2 N–H and O–H groups in total. The van der Waals surface area contributed by atoms with Crippen molar-refractivity contribution in [3.05, 3.63) is 136 Å². The standard InChI is InChI=1S/C24H19NO2/c26-21-16-17-25-23(22(21)27)24(18-10-4-1-5-11-18,19-12-6-2-7-13-19)20-14-8-3-9-15-20/h1-17,27H,(H,25,26). The number of benzene rings is 3. The van der Waals surface area contributed by atoms with Crippen molar-refractivity contribution in [3.8, 4) is 5.75 Å². The molecule has 0 amide bonds. The van der Waals surface area contributed by atoms with E-state index in [1.807, 2.05) is 91.0 Å². The molecule has 0 aliphatic carbocycles. The average Bonchev–Trinajstić information content (AvgIpc) is 2.74. The maximum atomic E-state index is 12.3. The third kappa shape index (κ3) is 2.74. The first-order chi connectivity index (χ1) is 13.2. The largest absolute Gasteiger partial charge is 0.503 e. The summed E-state index contributed by atoms with van der Waals surface area (Å²) in [5.41, 5.74) is 2.07. The third-order valence-electron chi connectivity index (χ3n) is 4.93. The van der Waals surface area contributed by atoms with Crippen molar-refractivity contribution in [3.63, 3.8) is 0 Å². The summed E-state index contributed by atoms with van der Waals surface area (Å²) in [6.45, 7) is 0.